The van der Waals surface area contributed by atoms with Crippen LogP contribution in [0.5, 0.6) is 0 Å². The van der Waals surface area contributed by atoms with Gasteiger partial charge in [-0.2, -0.15) is 4.31 Å². The smallest absolute Gasteiger partial charge is 0.243 e. The monoisotopic (exact) mass is 400 g/mol. The molecule has 1 heterocycles. The molecule has 6 heteroatoms. The van der Waals surface area contributed by atoms with E-state index in [0.717, 1.165) is 18.4 Å². The number of hydrogen-bond acceptors (Lipinski definition) is 3. The van der Waals surface area contributed by atoms with E-state index >= 15 is 0 Å². The van der Waals surface area contributed by atoms with Crippen LogP contribution in [0.15, 0.2) is 53.4 Å². The fourth-order valence-electron chi connectivity index (χ4n) is 3.34. The molecule has 1 amide bonds. The summed E-state index contributed by atoms with van der Waals surface area (Å²) in [4.78, 5) is 12.5. The Morgan fingerprint density at radius 1 is 1.00 bits per heavy atom. The quantitative estimate of drug-likeness (QED) is 0.759. The van der Waals surface area contributed by atoms with E-state index in [0.29, 0.717) is 37.5 Å². The molecule has 0 unspecified atom stereocenters. The lowest BCUT2D eigenvalue weighted by Crippen LogP contribution is -2.27. The Labute approximate surface area is 167 Å². The highest BCUT2D eigenvalue weighted by atomic mass is 32.2. The zero-order valence-electron chi connectivity index (χ0n) is 16.5. The minimum atomic E-state index is -3.42. The van der Waals surface area contributed by atoms with Crippen molar-refractivity contribution in [2.24, 2.45) is 0 Å². The van der Waals surface area contributed by atoms with Crippen molar-refractivity contribution in [2.75, 3.05) is 18.4 Å². The van der Waals surface area contributed by atoms with Gasteiger partial charge in [0.2, 0.25) is 15.9 Å². The van der Waals surface area contributed by atoms with Crippen LogP contribution >= 0.6 is 0 Å². The molecular weight excluding hydrogens is 372 g/mol. The first-order valence-electron chi connectivity index (χ1n) is 9.85. The Hall–Kier alpha value is -2.18. The van der Waals surface area contributed by atoms with Gasteiger partial charge in [0.25, 0.3) is 0 Å². The molecule has 0 aromatic heterocycles. The van der Waals surface area contributed by atoms with Gasteiger partial charge in [0.1, 0.15) is 0 Å². The van der Waals surface area contributed by atoms with Gasteiger partial charge in [-0.3, -0.25) is 4.79 Å². The maximum Gasteiger partial charge on any atom is 0.243 e. The molecule has 1 aliphatic rings. The number of sulfonamides is 1. The lowest BCUT2D eigenvalue weighted by molar-refractivity contribution is -0.116. The molecule has 2 aromatic rings. The van der Waals surface area contributed by atoms with E-state index in [4.69, 9.17) is 0 Å². The highest BCUT2D eigenvalue weighted by Gasteiger charge is 2.26. The number of nitrogens with one attached hydrogen (secondary N) is 1. The SMILES string of the molecule is CC(C)c1ccc(CCC(=O)Nc2ccc(S(=O)(=O)N3CCCC3)cc2)cc1. The van der Waals surface area contributed by atoms with Crippen molar-refractivity contribution in [3.8, 4) is 0 Å². The summed E-state index contributed by atoms with van der Waals surface area (Å²) in [5, 5.41) is 2.84. The maximum atomic E-state index is 12.5. The normalized spacial score (nSPS) is 15.1. The number of benzene rings is 2. The van der Waals surface area contributed by atoms with Gasteiger partial charge in [-0.25, -0.2) is 8.42 Å². The summed E-state index contributed by atoms with van der Waals surface area (Å²) in [5.74, 6) is 0.415. The molecule has 0 saturated carbocycles. The van der Waals surface area contributed by atoms with Gasteiger partial charge in [0, 0.05) is 25.2 Å². The number of nitrogens with zero attached hydrogens (tertiary/aromatic N) is 1. The van der Waals surface area contributed by atoms with Crippen LogP contribution in [0, 0.1) is 0 Å². The second kappa shape index (κ2) is 8.88. The summed E-state index contributed by atoms with van der Waals surface area (Å²) in [7, 11) is -3.42. The Bertz CT molecular complexity index is 898. The molecule has 150 valence electrons. The largest absolute Gasteiger partial charge is 0.326 e. The van der Waals surface area contributed by atoms with Crippen LogP contribution in [-0.2, 0) is 21.2 Å². The summed E-state index contributed by atoms with van der Waals surface area (Å²) in [6, 6.07) is 14.8. The second-order valence-corrected chi connectivity index (χ2v) is 9.52. The topological polar surface area (TPSA) is 66.5 Å². The van der Waals surface area contributed by atoms with Crippen LogP contribution in [0.25, 0.3) is 0 Å². The summed E-state index contributed by atoms with van der Waals surface area (Å²) in [5.41, 5.74) is 3.03. The van der Waals surface area contributed by atoms with Gasteiger partial charge in [-0.05, 0) is 60.6 Å². The highest BCUT2D eigenvalue weighted by molar-refractivity contribution is 7.89. The van der Waals surface area contributed by atoms with E-state index in [-0.39, 0.29) is 10.8 Å². The third-order valence-corrected chi connectivity index (χ3v) is 7.04. The minimum Gasteiger partial charge on any atom is -0.326 e. The maximum absolute atomic E-state index is 12.5. The molecule has 0 atom stereocenters. The predicted octanol–water partition coefficient (Wildman–Crippen LogP) is 4.17. The molecule has 1 fully saturated rings. The fraction of sp³-hybridized carbons (Fsp3) is 0.409. The Kier molecular flexibility index (Phi) is 6.52. The van der Waals surface area contributed by atoms with Crippen molar-refractivity contribution >= 4 is 21.6 Å². The predicted molar refractivity (Wildman–Crippen MR) is 112 cm³/mol. The van der Waals surface area contributed by atoms with Crippen LogP contribution in [-0.4, -0.2) is 31.7 Å². The van der Waals surface area contributed by atoms with Gasteiger partial charge in [0.05, 0.1) is 4.90 Å². The van der Waals surface area contributed by atoms with Gasteiger partial charge in [0.15, 0.2) is 0 Å². The molecule has 5 nitrogen and oxygen atoms in total. The van der Waals surface area contributed by atoms with E-state index in [9.17, 15) is 13.2 Å². The van der Waals surface area contributed by atoms with Gasteiger partial charge in [-0.15, -0.1) is 0 Å². The Balaban J connectivity index is 1.54. The first-order valence-corrected chi connectivity index (χ1v) is 11.3. The standard InChI is InChI=1S/C22H28N2O3S/c1-17(2)19-8-5-18(6-9-19)7-14-22(25)23-20-10-12-21(13-11-20)28(26,27)24-15-3-4-16-24/h5-6,8-13,17H,3-4,7,14-16H2,1-2H3,(H,23,25). The lowest BCUT2D eigenvalue weighted by Gasteiger charge is -2.15. The fourth-order valence-corrected chi connectivity index (χ4v) is 4.86. The number of amides is 1. The first kappa shape index (κ1) is 20.6. The summed E-state index contributed by atoms with van der Waals surface area (Å²) < 4.78 is 26.6. The summed E-state index contributed by atoms with van der Waals surface area (Å²) in [6.45, 7) is 5.48. The number of hydrogen-bond donors (Lipinski definition) is 1. The van der Waals surface area contributed by atoms with Gasteiger partial charge in [-0.1, -0.05) is 38.1 Å². The number of carbonyl (C=O) groups is 1. The molecule has 28 heavy (non-hydrogen) atoms. The van der Waals surface area contributed by atoms with Crippen molar-refractivity contribution in [3.05, 3.63) is 59.7 Å². The van der Waals surface area contributed by atoms with Crippen LogP contribution in [0.4, 0.5) is 5.69 Å². The molecule has 3 rings (SSSR count). The number of rotatable bonds is 7. The molecule has 1 aliphatic heterocycles. The van der Waals surface area contributed by atoms with Crippen molar-refractivity contribution in [1.29, 1.82) is 0 Å². The lowest BCUT2D eigenvalue weighted by atomic mass is 10.0. The Morgan fingerprint density at radius 2 is 1.61 bits per heavy atom. The Morgan fingerprint density at radius 3 is 2.18 bits per heavy atom. The van der Waals surface area contributed by atoms with Crippen molar-refractivity contribution in [1.82, 2.24) is 4.31 Å². The number of anilines is 1. The molecule has 1 N–H and O–H groups in total. The second-order valence-electron chi connectivity index (χ2n) is 7.58. The van der Waals surface area contributed by atoms with Crippen LogP contribution in [0.2, 0.25) is 0 Å². The molecule has 0 radical (unpaired) electrons. The average molecular weight is 401 g/mol. The van der Waals surface area contributed by atoms with Gasteiger partial charge >= 0.3 is 0 Å². The van der Waals surface area contributed by atoms with E-state index in [1.54, 1.807) is 24.3 Å². The molecule has 1 saturated heterocycles. The summed E-state index contributed by atoms with van der Waals surface area (Å²) in [6.07, 6.45) is 2.88. The van der Waals surface area contributed by atoms with Crippen molar-refractivity contribution < 1.29 is 13.2 Å². The van der Waals surface area contributed by atoms with Crippen molar-refractivity contribution in [3.63, 3.8) is 0 Å². The van der Waals surface area contributed by atoms with E-state index < -0.39 is 10.0 Å². The number of carbonyl (C=O) groups excluding carboxylic acids is 1. The van der Waals surface area contributed by atoms with Crippen molar-refractivity contribution in [2.45, 2.75) is 50.3 Å². The third kappa shape index (κ3) is 5.00. The zero-order chi connectivity index (χ0) is 20.1. The molecule has 0 spiro atoms. The average Bonchev–Trinajstić information content (AvgIpc) is 3.23. The van der Waals surface area contributed by atoms with Crippen LogP contribution in [0.3, 0.4) is 0 Å². The molecule has 0 bridgehead atoms. The zero-order valence-corrected chi connectivity index (χ0v) is 17.3. The number of aryl methyl sites for hydroxylation is 1. The minimum absolute atomic E-state index is 0.0805. The first-order chi connectivity index (χ1) is 13.4. The molecular formula is C22H28N2O3S. The van der Waals surface area contributed by atoms with E-state index in [1.165, 1.54) is 9.87 Å². The molecule has 2 aromatic carbocycles. The summed E-state index contributed by atoms with van der Waals surface area (Å²) >= 11 is 0. The van der Waals surface area contributed by atoms with E-state index in [2.05, 4.69) is 43.4 Å². The van der Waals surface area contributed by atoms with Crippen LogP contribution in [0.1, 0.15) is 50.2 Å². The third-order valence-electron chi connectivity index (χ3n) is 5.13. The highest BCUT2D eigenvalue weighted by Crippen LogP contribution is 2.22. The van der Waals surface area contributed by atoms with E-state index in [1.807, 2.05) is 0 Å². The van der Waals surface area contributed by atoms with Crippen LogP contribution < -0.4 is 5.32 Å². The molecule has 0 aliphatic carbocycles. The van der Waals surface area contributed by atoms with Gasteiger partial charge < -0.3 is 5.32 Å².